The summed E-state index contributed by atoms with van der Waals surface area (Å²) in [6.07, 6.45) is 3.93. The summed E-state index contributed by atoms with van der Waals surface area (Å²) in [4.78, 5) is 24.6. The molecule has 1 fully saturated rings. The van der Waals surface area contributed by atoms with Crippen molar-refractivity contribution >= 4 is 33.5 Å². The Kier molecular flexibility index (Phi) is 7.74. The highest BCUT2D eigenvalue weighted by atomic mass is 35.5. The van der Waals surface area contributed by atoms with Crippen molar-refractivity contribution in [3.63, 3.8) is 0 Å². The van der Waals surface area contributed by atoms with Crippen molar-refractivity contribution in [1.29, 1.82) is 0 Å². The minimum atomic E-state index is -3.85. The van der Waals surface area contributed by atoms with Crippen LogP contribution in [0, 0.1) is 0 Å². The molecule has 0 saturated carbocycles. The van der Waals surface area contributed by atoms with Crippen LogP contribution in [0.1, 0.15) is 48.7 Å². The molecule has 1 amide bonds. The number of hydrogen-bond donors (Lipinski definition) is 1. The zero-order valence-electron chi connectivity index (χ0n) is 17.2. The number of carbonyl (C=O) groups excluding carboxylic acids is 2. The van der Waals surface area contributed by atoms with Crippen LogP contribution in [0.3, 0.4) is 0 Å². The van der Waals surface area contributed by atoms with Gasteiger partial charge in [0.2, 0.25) is 10.0 Å². The van der Waals surface area contributed by atoms with E-state index in [1.54, 1.807) is 12.1 Å². The van der Waals surface area contributed by atoms with E-state index in [1.807, 2.05) is 0 Å². The molecular weight excluding hydrogens is 444 g/mol. The number of sulfonamides is 1. The van der Waals surface area contributed by atoms with Crippen LogP contribution >= 0.6 is 11.6 Å². The molecule has 1 aliphatic heterocycles. The Hall–Kier alpha value is -2.36. The maximum Gasteiger partial charge on any atom is 0.338 e. The fraction of sp³-hybridized carbons (Fsp3) is 0.429. The van der Waals surface area contributed by atoms with Gasteiger partial charge in [0.25, 0.3) is 5.91 Å². The Morgan fingerprint density at radius 3 is 2.55 bits per heavy atom. The first-order valence-electron chi connectivity index (χ1n) is 10.1. The fourth-order valence-corrected chi connectivity index (χ4v) is 5.28. The molecule has 1 aromatic carbocycles. The average molecular weight is 469 g/mol. The number of amides is 1. The van der Waals surface area contributed by atoms with Crippen molar-refractivity contribution in [3.05, 3.63) is 52.9 Å². The van der Waals surface area contributed by atoms with Gasteiger partial charge in [-0.1, -0.05) is 24.4 Å². The topological polar surface area (TPSA) is 106 Å². The third-order valence-corrected chi connectivity index (χ3v) is 7.40. The molecule has 1 aliphatic rings. The number of nitrogens with one attached hydrogen (secondary N) is 1. The largest absolute Gasteiger partial charge is 0.467 e. The molecule has 8 nitrogen and oxygen atoms in total. The predicted molar refractivity (Wildman–Crippen MR) is 114 cm³/mol. The molecule has 1 aromatic heterocycles. The number of rotatable bonds is 7. The van der Waals surface area contributed by atoms with E-state index in [-0.39, 0.29) is 22.0 Å². The van der Waals surface area contributed by atoms with Crippen LogP contribution in [0.2, 0.25) is 5.02 Å². The summed E-state index contributed by atoms with van der Waals surface area (Å²) in [6, 6.07) is 7.34. The maximum absolute atomic E-state index is 13.1. The number of ether oxygens (including phenoxy) is 1. The molecule has 1 atom stereocenters. The SMILES string of the molecule is CC(OC(=O)c1ccc(Cl)c(S(=O)(=O)N2CCCCCC2)c1)C(=O)NCc1ccco1. The van der Waals surface area contributed by atoms with Gasteiger partial charge < -0.3 is 14.5 Å². The van der Waals surface area contributed by atoms with Gasteiger partial charge in [0.05, 0.1) is 23.4 Å². The zero-order valence-corrected chi connectivity index (χ0v) is 18.7. The number of nitrogens with zero attached hydrogens (tertiary/aromatic N) is 1. The molecule has 0 aliphatic carbocycles. The summed E-state index contributed by atoms with van der Waals surface area (Å²) in [5, 5.41) is 2.63. The fourth-order valence-electron chi connectivity index (χ4n) is 3.26. The molecule has 0 bridgehead atoms. The minimum Gasteiger partial charge on any atom is -0.467 e. The van der Waals surface area contributed by atoms with Crippen LogP contribution in [0.5, 0.6) is 0 Å². The van der Waals surface area contributed by atoms with Gasteiger partial charge in [-0.15, -0.1) is 0 Å². The summed E-state index contributed by atoms with van der Waals surface area (Å²) >= 11 is 6.16. The van der Waals surface area contributed by atoms with Gasteiger partial charge in [-0.2, -0.15) is 4.31 Å². The number of esters is 1. The average Bonchev–Trinajstić information content (AvgIpc) is 3.11. The van der Waals surface area contributed by atoms with Crippen LogP contribution in [-0.2, 0) is 26.1 Å². The molecular formula is C21H25ClN2O6S. The summed E-state index contributed by atoms with van der Waals surface area (Å²) in [5.41, 5.74) is 0.00322. The minimum absolute atomic E-state index is 0.00322. The summed E-state index contributed by atoms with van der Waals surface area (Å²) in [5.74, 6) is -0.756. The van der Waals surface area contributed by atoms with Gasteiger partial charge in [0.1, 0.15) is 10.7 Å². The molecule has 2 heterocycles. The van der Waals surface area contributed by atoms with Gasteiger partial charge in [-0.3, -0.25) is 4.79 Å². The molecule has 168 valence electrons. The highest BCUT2D eigenvalue weighted by Crippen LogP contribution is 2.28. The van der Waals surface area contributed by atoms with E-state index < -0.39 is 28.0 Å². The summed E-state index contributed by atoms with van der Waals surface area (Å²) in [7, 11) is -3.85. The summed E-state index contributed by atoms with van der Waals surface area (Å²) in [6.45, 7) is 2.42. The van der Waals surface area contributed by atoms with Crippen LogP contribution in [0.25, 0.3) is 0 Å². The number of carbonyl (C=O) groups is 2. The van der Waals surface area contributed by atoms with E-state index in [4.69, 9.17) is 20.8 Å². The zero-order chi connectivity index (χ0) is 22.4. The molecule has 10 heteroatoms. The number of benzene rings is 1. The van der Waals surface area contributed by atoms with Gasteiger partial charge in [-0.25, -0.2) is 13.2 Å². The lowest BCUT2D eigenvalue weighted by atomic mass is 10.2. The van der Waals surface area contributed by atoms with E-state index in [9.17, 15) is 18.0 Å². The second kappa shape index (κ2) is 10.3. The van der Waals surface area contributed by atoms with Crippen molar-refractivity contribution in [2.75, 3.05) is 13.1 Å². The Morgan fingerprint density at radius 2 is 1.90 bits per heavy atom. The third-order valence-electron chi connectivity index (χ3n) is 5.02. The molecule has 2 aromatic rings. The first-order chi connectivity index (χ1) is 14.8. The van der Waals surface area contributed by atoms with E-state index in [0.717, 1.165) is 25.7 Å². The lowest BCUT2D eigenvalue weighted by Gasteiger charge is -2.21. The van der Waals surface area contributed by atoms with Crippen molar-refractivity contribution in [1.82, 2.24) is 9.62 Å². The Balaban J connectivity index is 1.69. The molecule has 0 radical (unpaired) electrons. The van der Waals surface area contributed by atoms with Crippen LogP contribution in [0.15, 0.2) is 45.9 Å². The van der Waals surface area contributed by atoms with Crippen LogP contribution in [-0.4, -0.2) is 43.8 Å². The van der Waals surface area contributed by atoms with E-state index in [2.05, 4.69) is 5.32 Å². The first-order valence-corrected chi connectivity index (χ1v) is 11.9. The number of hydrogen-bond acceptors (Lipinski definition) is 6. The van der Waals surface area contributed by atoms with Gasteiger partial charge in [0.15, 0.2) is 6.10 Å². The Bertz CT molecular complexity index is 1010. The van der Waals surface area contributed by atoms with Crippen LogP contribution in [0.4, 0.5) is 0 Å². The molecule has 0 spiro atoms. The smallest absolute Gasteiger partial charge is 0.338 e. The lowest BCUT2D eigenvalue weighted by molar-refractivity contribution is -0.129. The van der Waals surface area contributed by atoms with Crippen molar-refractivity contribution in [2.24, 2.45) is 0 Å². The standard InChI is InChI=1S/C21H25ClN2O6S/c1-15(20(25)23-14-17-7-6-12-29-17)30-21(26)16-8-9-18(22)19(13-16)31(27,28)24-10-4-2-3-5-11-24/h6-9,12-13,15H,2-5,10-11,14H2,1H3,(H,23,25). The van der Waals surface area contributed by atoms with E-state index in [0.29, 0.717) is 18.8 Å². The molecule has 1 saturated heterocycles. The van der Waals surface area contributed by atoms with Gasteiger partial charge in [-0.05, 0) is 50.1 Å². The highest BCUT2D eigenvalue weighted by Gasteiger charge is 2.29. The molecule has 3 rings (SSSR count). The normalized spacial score (nSPS) is 16.3. The van der Waals surface area contributed by atoms with Gasteiger partial charge >= 0.3 is 5.97 Å². The highest BCUT2D eigenvalue weighted by molar-refractivity contribution is 7.89. The Labute approximate surface area is 186 Å². The number of halogens is 1. The molecule has 1 unspecified atom stereocenters. The lowest BCUT2D eigenvalue weighted by Crippen LogP contribution is -2.35. The predicted octanol–water partition coefficient (Wildman–Crippen LogP) is 3.36. The summed E-state index contributed by atoms with van der Waals surface area (Å²) < 4.78 is 37.9. The first kappa shape index (κ1) is 23.3. The second-order valence-corrected chi connectivity index (χ2v) is 9.62. The van der Waals surface area contributed by atoms with Crippen molar-refractivity contribution in [2.45, 2.75) is 50.2 Å². The Morgan fingerprint density at radius 1 is 1.19 bits per heavy atom. The quantitative estimate of drug-likeness (QED) is 0.624. The van der Waals surface area contributed by atoms with Gasteiger partial charge in [0, 0.05) is 13.1 Å². The third kappa shape index (κ3) is 5.87. The molecule has 1 N–H and O–H groups in total. The van der Waals surface area contributed by atoms with E-state index in [1.165, 1.54) is 35.7 Å². The van der Waals surface area contributed by atoms with Crippen molar-refractivity contribution < 1.29 is 27.2 Å². The maximum atomic E-state index is 13.1. The number of furan rings is 1. The van der Waals surface area contributed by atoms with E-state index >= 15 is 0 Å². The van der Waals surface area contributed by atoms with Crippen molar-refractivity contribution in [3.8, 4) is 0 Å². The monoisotopic (exact) mass is 468 g/mol. The molecule has 31 heavy (non-hydrogen) atoms. The van der Waals surface area contributed by atoms with Crippen LogP contribution < -0.4 is 5.32 Å². The second-order valence-electron chi connectivity index (χ2n) is 7.31.